The van der Waals surface area contributed by atoms with Crippen molar-refractivity contribution in [3.8, 4) is 5.75 Å². The predicted octanol–water partition coefficient (Wildman–Crippen LogP) is 1.10. The average molecular weight is 370 g/mol. The molecule has 142 valence electrons. The normalized spacial score (nSPS) is 14.1. The van der Waals surface area contributed by atoms with Gasteiger partial charge in [0.2, 0.25) is 0 Å². The molecule has 27 heavy (non-hydrogen) atoms. The van der Waals surface area contributed by atoms with Gasteiger partial charge in [0.1, 0.15) is 18.1 Å². The number of carbonyl (C=O) groups excluding carboxylic acids is 2. The second-order valence-corrected chi connectivity index (χ2v) is 6.01. The third-order valence-corrected chi connectivity index (χ3v) is 4.30. The van der Waals surface area contributed by atoms with Crippen molar-refractivity contribution >= 4 is 11.8 Å². The smallest absolute Gasteiger partial charge is 0.274 e. The Labute approximate surface area is 157 Å². The van der Waals surface area contributed by atoms with Crippen LogP contribution in [0.15, 0.2) is 42.9 Å². The fourth-order valence-corrected chi connectivity index (χ4v) is 2.86. The second-order valence-electron chi connectivity index (χ2n) is 6.01. The van der Waals surface area contributed by atoms with Crippen molar-refractivity contribution in [2.75, 3.05) is 46.5 Å². The van der Waals surface area contributed by atoms with Gasteiger partial charge in [-0.2, -0.15) is 0 Å². The van der Waals surface area contributed by atoms with E-state index in [1.54, 1.807) is 29.0 Å². The molecular formula is C19H22N4O4. The van der Waals surface area contributed by atoms with Crippen LogP contribution in [-0.4, -0.2) is 78.1 Å². The Morgan fingerprint density at radius 3 is 2.37 bits per heavy atom. The van der Waals surface area contributed by atoms with Crippen molar-refractivity contribution in [2.45, 2.75) is 0 Å². The summed E-state index contributed by atoms with van der Waals surface area (Å²) in [6, 6.07) is 7.17. The van der Waals surface area contributed by atoms with Gasteiger partial charge in [-0.15, -0.1) is 0 Å². The van der Waals surface area contributed by atoms with E-state index < -0.39 is 0 Å². The largest absolute Gasteiger partial charge is 0.490 e. The summed E-state index contributed by atoms with van der Waals surface area (Å²) < 4.78 is 10.6. The molecule has 1 aromatic heterocycles. The Hall–Kier alpha value is -3.00. The van der Waals surface area contributed by atoms with Gasteiger partial charge in [-0.1, -0.05) is 12.1 Å². The van der Waals surface area contributed by atoms with Crippen LogP contribution >= 0.6 is 0 Å². The van der Waals surface area contributed by atoms with Crippen molar-refractivity contribution in [3.05, 3.63) is 54.1 Å². The van der Waals surface area contributed by atoms with Crippen LogP contribution in [-0.2, 0) is 4.74 Å². The van der Waals surface area contributed by atoms with E-state index in [4.69, 9.17) is 9.47 Å². The number of para-hydroxylation sites is 1. The van der Waals surface area contributed by atoms with E-state index in [0.29, 0.717) is 56.4 Å². The molecule has 0 bridgehead atoms. The minimum atomic E-state index is -0.168. The van der Waals surface area contributed by atoms with E-state index in [9.17, 15) is 9.59 Å². The summed E-state index contributed by atoms with van der Waals surface area (Å²) in [5.74, 6) is 0.269. The number of nitrogens with zero attached hydrogens (tertiary/aromatic N) is 4. The molecule has 1 aliphatic rings. The number of amides is 2. The number of hydrogen-bond donors (Lipinski definition) is 0. The zero-order chi connectivity index (χ0) is 19.1. The summed E-state index contributed by atoms with van der Waals surface area (Å²) in [5, 5.41) is 0. The van der Waals surface area contributed by atoms with Crippen molar-refractivity contribution in [2.24, 2.45) is 0 Å². The third kappa shape index (κ3) is 4.59. The highest BCUT2D eigenvalue weighted by atomic mass is 16.5. The van der Waals surface area contributed by atoms with Gasteiger partial charge in [-0.05, 0) is 12.1 Å². The van der Waals surface area contributed by atoms with Gasteiger partial charge in [0.15, 0.2) is 0 Å². The SMILES string of the molecule is COCCOc1ccccc1C(=O)N1CCN(C(=O)c2cnccn2)CC1. The number of ether oxygens (including phenoxy) is 2. The Kier molecular flexibility index (Phi) is 6.32. The van der Waals surface area contributed by atoms with Gasteiger partial charge in [-0.3, -0.25) is 14.6 Å². The zero-order valence-electron chi connectivity index (χ0n) is 15.2. The monoisotopic (exact) mass is 370 g/mol. The summed E-state index contributed by atoms with van der Waals surface area (Å²) >= 11 is 0. The molecule has 1 fully saturated rings. The maximum atomic E-state index is 12.9. The van der Waals surface area contributed by atoms with Crippen LogP contribution in [0.25, 0.3) is 0 Å². The molecule has 2 aromatic rings. The standard InChI is InChI=1S/C19H22N4O4/c1-26-12-13-27-17-5-3-2-4-15(17)18(24)22-8-10-23(11-9-22)19(25)16-14-20-6-7-21-16/h2-7,14H,8-13H2,1H3. The number of piperazine rings is 1. The molecule has 0 N–H and O–H groups in total. The topological polar surface area (TPSA) is 84.9 Å². The number of rotatable bonds is 6. The lowest BCUT2D eigenvalue weighted by Gasteiger charge is -2.34. The highest BCUT2D eigenvalue weighted by Crippen LogP contribution is 2.21. The Bertz CT molecular complexity index is 776. The van der Waals surface area contributed by atoms with E-state index in [1.165, 1.54) is 18.6 Å². The second kappa shape index (κ2) is 9.09. The molecule has 8 nitrogen and oxygen atoms in total. The Morgan fingerprint density at radius 1 is 1.00 bits per heavy atom. The van der Waals surface area contributed by atoms with Crippen molar-refractivity contribution in [1.82, 2.24) is 19.8 Å². The van der Waals surface area contributed by atoms with Gasteiger partial charge >= 0.3 is 0 Å². The van der Waals surface area contributed by atoms with Crippen LogP contribution in [0.5, 0.6) is 5.75 Å². The maximum Gasteiger partial charge on any atom is 0.274 e. The molecule has 0 radical (unpaired) electrons. The highest BCUT2D eigenvalue weighted by molar-refractivity contribution is 5.97. The van der Waals surface area contributed by atoms with E-state index in [0.717, 1.165) is 0 Å². The quantitative estimate of drug-likeness (QED) is 0.708. The lowest BCUT2D eigenvalue weighted by atomic mass is 10.1. The van der Waals surface area contributed by atoms with Crippen LogP contribution < -0.4 is 4.74 Å². The van der Waals surface area contributed by atoms with Crippen LogP contribution in [0.3, 0.4) is 0 Å². The maximum absolute atomic E-state index is 12.9. The minimum Gasteiger partial charge on any atom is -0.490 e. The van der Waals surface area contributed by atoms with Crippen LogP contribution in [0.2, 0.25) is 0 Å². The summed E-state index contributed by atoms with van der Waals surface area (Å²) in [5.41, 5.74) is 0.830. The third-order valence-electron chi connectivity index (χ3n) is 4.30. The number of benzene rings is 1. The van der Waals surface area contributed by atoms with Crippen LogP contribution in [0, 0.1) is 0 Å². The van der Waals surface area contributed by atoms with Gasteiger partial charge in [0.25, 0.3) is 11.8 Å². The Morgan fingerprint density at radius 2 is 1.70 bits per heavy atom. The highest BCUT2D eigenvalue weighted by Gasteiger charge is 2.27. The summed E-state index contributed by atoms with van der Waals surface area (Å²) in [6.45, 7) is 2.64. The number of aromatic nitrogens is 2. The van der Waals surface area contributed by atoms with Gasteiger partial charge in [0.05, 0.1) is 18.4 Å². The molecule has 1 saturated heterocycles. The van der Waals surface area contributed by atoms with Gasteiger partial charge in [0, 0.05) is 45.7 Å². The molecular weight excluding hydrogens is 348 g/mol. The van der Waals surface area contributed by atoms with E-state index in [1.807, 2.05) is 12.1 Å². The van der Waals surface area contributed by atoms with E-state index >= 15 is 0 Å². The first-order valence-electron chi connectivity index (χ1n) is 8.76. The number of hydrogen-bond acceptors (Lipinski definition) is 6. The molecule has 8 heteroatoms. The summed E-state index contributed by atoms with van der Waals surface area (Å²) in [4.78, 5) is 36.7. The van der Waals surface area contributed by atoms with E-state index in [2.05, 4.69) is 9.97 Å². The molecule has 2 amide bonds. The summed E-state index contributed by atoms with van der Waals surface area (Å²) in [6.07, 6.45) is 4.47. The molecule has 0 atom stereocenters. The first-order valence-corrected chi connectivity index (χ1v) is 8.76. The van der Waals surface area contributed by atoms with Crippen molar-refractivity contribution in [1.29, 1.82) is 0 Å². The molecule has 0 spiro atoms. The Balaban J connectivity index is 1.61. The van der Waals surface area contributed by atoms with Crippen LogP contribution in [0.4, 0.5) is 0 Å². The molecule has 0 saturated carbocycles. The minimum absolute atomic E-state index is 0.102. The zero-order valence-corrected chi connectivity index (χ0v) is 15.2. The van der Waals surface area contributed by atoms with Crippen LogP contribution in [0.1, 0.15) is 20.8 Å². The molecule has 1 aromatic carbocycles. The average Bonchev–Trinajstić information content (AvgIpc) is 2.74. The molecule has 1 aliphatic heterocycles. The van der Waals surface area contributed by atoms with Gasteiger partial charge in [-0.25, -0.2) is 4.98 Å². The molecule has 0 aliphatic carbocycles. The van der Waals surface area contributed by atoms with Crippen molar-refractivity contribution in [3.63, 3.8) is 0 Å². The van der Waals surface area contributed by atoms with Crippen molar-refractivity contribution < 1.29 is 19.1 Å². The molecule has 2 heterocycles. The van der Waals surface area contributed by atoms with E-state index in [-0.39, 0.29) is 11.8 Å². The number of carbonyl (C=O) groups is 2. The summed E-state index contributed by atoms with van der Waals surface area (Å²) in [7, 11) is 1.60. The first kappa shape index (κ1) is 18.8. The van der Waals surface area contributed by atoms with Gasteiger partial charge < -0.3 is 19.3 Å². The molecule has 3 rings (SSSR count). The molecule has 0 unspecified atom stereocenters. The lowest BCUT2D eigenvalue weighted by molar-refractivity contribution is 0.0528. The predicted molar refractivity (Wildman–Crippen MR) is 97.7 cm³/mol. The fourth-order valence-electron chi connectivity index (χ4n) is 2.86. The first-order chi connectivity index (χ1) is 13.2. The fraction of sp³-hybridized carbons (Fsp3) is 0.368. The lowest BCUT2D eigenvalue weighted by Crippen LogP contribution is -2.50. The number of methoxy groups -OCH3 is 1.